The molecule has 0 saturated carbocycles. The van der Waals surface area contributed by atoms with Crippen LogP contribution in [0.25, 0.3) is 0 Å². The van der Waals surface area contributed by atoms with Crippen LogP contribution in [-0.4, -0.2) is 69.4 Å². The summed E-state index contributed by atoms with van der Waals surface area (Å²) in [6.45, 7) is 6.63. The van der Waals surface area contributed by atoms with Crippen molar-refractivity contribution in [3.05, 3.63) is 85.1 Å². The fraction of sp³-hybridized carbons (Fsp3) is 0.729. The average molecular weight is 985 g/mol. The summed E-state index contributed by atoms with van der Waals surface area (Å²) in [5.74, 6) is -0.586. The Labute approximate surface area is 425 Å². The van der Waals surface area contributed by atoms with Crippen molar-refractivity contribution in [1.82, 2.24) is 5.32 Å². The van der Waals surface area contributed by atoms with Crippen LogP contribution in [-0.2, 0) is 27.9 Å². The zero-order chi connectivity index (χ0) is 50.8. The minimum absolute atomic E-state index is 0.0325. The SMILES string of the molecule is CC/C=C/C=C/C=C\CCCCCCCC(=O)OC(/C=C\CCCCCCCCCCC)C(COP(=O)([O-])OCC[N+](C)(C)C)NC(=O)CCCCCCCC/C=C\C/C=C\C/C=C\CCCCC. The fourth-order valence-electron chi connectivity index (χ4n) is 7.53. The van der Waals surface area contributed by atoms with E-state index < -0.39 is 26.6 Å². The first-order valence-electron chi connectivity index (χ1n) is 27.9. The Balaban J connectivity index is 5.36. The van der Waals surface area contributed by atoms with Crippen LogP contribution in [0.2, 0.25) is 0 Å². The van der Waals surface area contributed by atoms with E-state index in [1.54, 1.807) is 0 Å². The van der Waals surface area contributed by atoms with Gasteiger partial charge < -0.3 is 28.5 Å². The van der Waals surface area contributed by atoms with Gasteiger partial charge in [0.2, 0.25) is 5.91 Å². The largest absolute Gasteiger partial charge is 0.756 e. The van der Waals surface area contributed by atoms with Gasteiger partial charge in [-0.2, -0.15) is 0 Å². The molecule has 0 aromatic heterocycles. The molecule has 0 aliphatic rings. The van der Waals surface area contributed by atoms with Gasteiger partial charge in [0.25, 0.3) is 7.82 Å². The quantitative estimate of drug-likeness (QED) is 0.0161. The predicted octanol–water partition coefficient (Wildman–Crippen LogP) is 16.0. The highest BCUT2D eigenvalue weighted by Gasteiger charge is 2.27. The number of carbonyl (C=O) groups is 2. The van der Waals surface area contributed by atoms with Gasteiger partial charge in [-0.1, -0.05) is 209 Å². The Bertz CT molecular complexity index is 1460. The summed E-state index contributed by atoms with van der Waals surface area (Å²) in [7, 11) is 1.15. The summed E-state index contributed by atoms with van der Waals surface area (Å²) in [6.07, 6.45) is 62.6. The number of nitrogens with one attached hydrogen (secondary N) is 1. The van der Waals surface area contributed by atoms with Gasteiger partial charge in [0.15, 0.2) is 0 Å². The number of unbranched alkanes of at least 4 members (excludes halogenated alkanes) is 23. The first-order chi connectivity index (χ1) is 33.4. The van der Waals surface area contributed by atoms with E-state index in [-0.39, 0.29) is 24.9 Å². The van der Waals surface area contributed by atoms with Gasteiger partial charge in [-0.15, -0.1) is 0 Å². The smallest absolute Gasteiger partial charge is 0.306 e. The van der Waals surface area contributed by atoms with Gasteiger partial charge in [0, 0.05) is 12.8 Å². The number of amides is 1. The molecule has 1 amide bonds. The van der Waals surface area contributed by atoms with E-state index in [1.807, 2.05) is 39.4 Å². The number of rotatable bonds is 49. The first kappa shape index (κ1) is 66.2. The molecule has 1 N–H and O–H groups in total. The topological polar surface area (TPSA) is 114 Å². The highest BCUT2D eigenvalue weighted by atomic mass is 31.2. The van der Waals surface area contributed by atoms with Gasteiger partial charge in [-0.25, -0.2) is 0 Å². The second-order valence-electron chi connectivity index (χ2n) is 19.8. The molecule has 3 atom stereocenters. The van der Waals surface area contributed by atoms with Crippen LogP contribution >= 0.6 is 7.82 Å². The maximum Gasteiger partial charge on any atom is 0.306 e. The van der Waals surface area contributed by atoms with E-state index >= 15 is 0 Å². The molecule has 0 aliphatic heterocycles. The van der Waals surface area contributed by atoms with Crippen LogP contribution in [0.15, 0.2) is 85.1 Å². The molecule has 3 unspecified atom stereocenters. The molecule has 10 heteroatoms. The Morgan fingerprint density at radius 3 is 1.54 bits per heavy atom. The van der Waals surface area contributed by atoms with Crippen LogP contribution < -0.4 is 10.2 Å². The lowest BCUT2D eigenvalue weighted by Gasteiger charge is -2.30. The third-order valence-electron chi connectivity index (χ3n) is 11.9. The maximum atomic E-state index is 13.5. The number of carbonyl (C=O) groups excluding carboxylic acids is 2. The molecule has 69 heavy (non-hydrogen) atoms. The van der Waals surface area contributed by atoms with Crippen LogP contribution in [0.5, 0.6) is 0 Å². The number of esters is 1. The van der Waals surface area contributed by atoms with Crippen molar-refractivity contribution < 1.29 is 37.3 Å². The zero-order valence-corrected chi connectivity index (χ0v) is 46.1. The standard InChI is InChI=1S/C59H105N2O7P/c1-7-10-13-16-19-22-25-27-28-29-30-31-32-34-36-39-42-45-48-51-58(62)60-56(55-67-69(64,65)66-54-53-61(4,5)6)57(50-47-44-41-38-35-24-21-18-15-12-9-3)68-59(63)52-49-46-43-40-37-33-26-23-20-17-14-11-8-2/h11,14,17,19-20,22-23,26-28,30-31,47,50,56-57H,7-10,12-13,15-16,18,21,24-25,29,32-46,48-49,51-55H2,1-6H3,(H-,60,62,64,65)/b14-11+,20-17+,22-19-,26-23-,28-27-,31-30-,50-47-. The number of allylic oxidation sites excluding steroid dienone is 13. The number of nitrogens with zero attached hydrogens (tertiary/aromatic N) is 1. The van der Waals surface area contributed by atoms with Gasteiger partial charge in [0.1, 0.15) is 19.3 Å². The van der Waals surface area contributed by atoms with Crippen LogP contribution in [0.3, 0.4) is 0 Å². The van der Waals surface area contributed by atoms with Crippen LogP contribution in [0.4, 0.5) is 0 Å². The third-order valence-corrected chi connectivity index (χ3v) is 12.8. The fourth-order valence-corrected chi connectivity index (χ4v) is 8.25. The third kappa shape index (κ3) is 49.9. The molecule has 0 radical (unpaired) electrons. The maximum absolute atomic E-state index is 13.5. The summed E-state index contributed by atoms with van der Waals surface area (Å²) in [5, 5.41) is 3.00. The number of hydrogen-bond acceptors (Lipinski definition) is 7. The van der Waals surface area contributed by atoms with Crippen molar-refractivity contribution in [3.63, 3.8) is 0 Å². The number of ether oxygens (including phenoxy) is 1. The van der Waals surface area contributed by atoms with Crippen molar-refractivity contribution in [2.75, 3.05) is 40.9 Å². The van der Waals surface area contributed by atoms with E-state index in [2.05, 4.69) is 92.9 Å². The van der Waals surface area contributed by atoms with Gasteiger partial charge in [0.05, 0.1) is 33.8 Å². The van der Waals surface area contributed by atoms with E-state index in [9.17, 15) is 19.0 Å². The summed E-state index contributed by atoms with van der Waals surface area (Å²) < 4.78 is 30.1. The van der Waals surface area contributed by atoms with Gasteiger partial charge >= 0.3 is 5.97 Å². The Morgan fingerprint density at radius 1 is 0.536 bits per heavy atom. The highest BCUT2D eigenvalue weighted by Crippen LogP contribution is 2.38. The predicted molar refractivity (Wildman–Crippen MR) is 293 cm³/mol. The minimum Gasteiger partial charge on any atom is -0.756 e. The Hall–Kier alpha value is -2.81. The molecular weight excluding hydrogens is 880 g/mol. The van der Waals surface area contributed by atoms with Crippen molar-refractivity contribution >= 4 is 19.7 Å². The number of hydrogen-bond donors (Lipinski definition) is 1. The van der Waals surface area contributed by atoms with Crippen molar-refractivity contribution in [1.29, 1.82) is 0 Å². The second kappa shape index (κ2) is 48.8. The molecule has 0 aliphatic carbocycles. The molecular formula is C59H105N2O7P. The van der Waals surface area contributed by atoms with Crippen LogP contribution in [0.1, 0.15) is 226 Å². The van der Waals surface area contributed by atoms with Crippen LogP contribution in [0, 0.1) is 0 Å². The monoisotopic (exact) mass is 985 g/mol. The minimum atomic E-state index is -4.70. The van der Waals surface area contributed by atoms with Gasteiger partial charge in [-0.05, 0) is 89.5 Å². The van der Waals surface area contributed by atoms with Crippen molar-refractivity contribution in [2.45, 2.75) is 238 Å². The first-order valence-corrected chi connectivity index (χ1v) is 29.4. The molecule has 0 fully saturated rings. The lowest BCUT2D eigenvalue weighted by atomic mass is 10.1. The Kier molecular flexibility index (Phi) is 46.8. The second-order valence-corrected chi connectivity index (χ2v) is 21.2. The summed E-state index contributed by atoms with van der Waals surface area (Å²) in [5.41, 5.74) is 0. The average Bonchev–Trinajstić information content (AvgIpc) is 3.31. The summed E-state index contributed by atoms with van der Waals surface area (Å²) >= 11 is 0. The molecule has 0 spiro atoms. The van der Waals surface area contributed by atoms with E-state index in [0.717, 1.165) is 116 Å². The number of quaternary nitrogens is 1. The molecule has 0 bridgehead atoms. The molecule has 0 heterocycles. The van der Waals surface area contributed by atoms with E-state index in [4.69, 9.17) is 13.8 Å². The molecule has 0 aromatic carbocycles. The van der Waals surface area contributed by atoms with Crippen molar-refractivity contribution in [2.24, 2.45) is 0 Å². The summed E-state index contributed by atoms with van der Waals surface area (Å²) in [6, 6.07) is -0.906. The Morgan fingerprint density at radius 2 is 0.986 bits per heavy atom. The highest BCUT2D eigenvalue weighted by molar-refractivity contribution is 7.45. The molecule has 9 nitrogen and oxygen atoms in total. The lowest BCUT2D eigenvalue weighted by Crippen LogP contribution is -2.47. The lowest BCUT2D eigenvalue weighted by molar-refractivity contribution is -0.870. The van der Waals surface area contributed by atoms with Gasteiger partial charge in [-0.3, -0.25) is 14.2 Å². The summed E-state index contributed by atoms with van der Waals surface area (Å²) in [4.78, 5) is 39.8. The number of phosphoric ester groups is 1. The van der Waals surface area contributed by atoms with E-state index in [0.29, 0.717) is 23.9 Å². The van der Waals surface area contributed by atoms with E-state index in [1.165, 1.54) is 70.6 Å². The zero-order valence-electron chi connectivity index (χ0n) is 45.2. The normalized spacial score (nSPS) is 14.5. The number of likely N-dealkylation sites (N-methyl/N-ethyl adjacent to an activating group) is 1. The van der Waals surface area contributed by atoms with Crippen molar-refractivity contribution in [3.8, 4) is 0 Å². The molecule has 0 rings (SSSR count). The molecule has 0 aromatic rings. The number of phosphoric acid groups is 1. The molecule has 398 valence electrons. The molecule has 0 saturated heterocycles.